The highest BCUT2D eigenvalue weighted by atomic mass is 16.7. The molecule has 0 aromatic carbocycles. The molecule has 5 heteroatoms. The Labute approximate surface area is 156 Å². The Balaban J connectivity index is 1.64. The quantitative estimate of drug-likeness (QED) is 0.803. The molecule has 2 N–H and O–H groups in total. The summed E-state index contributed by atoms with van der Waals surface area (Å²) in [5, 5.41) is 19.7. The van der Waals surface area contributed by atoms with E-state index in [1.807, 2.05) is 0 Å². The van der Waals surface area contributed by atoms with E-state index in [2.05, 4.69) is 13.8 Å². The molecule has 1 saturated heterocycles. The van der Waals surface area contributed by atoms with Crippen LogP contribution >= 0.6 is 0 Å². The predicted octanol–water partition coefficient (Wildman–Crippen LogP) is 2.67. The third-order valence-corrected chi connectivity index (χ3v) is 8.57. The summed E-state index contributed by atoms with van der Waals surface area (Å²) in [6.07, 6.45) is 5.99. The molecule has 0 radical (unpaired) electrons. The first kappa shape index (κ1) is 18.9. The second-order valence-corrected chi connectivity index (χ2v) is 9.57. The fourth-order valence-electron chi connectivity index (χ4n) is 7.06. The van der Waals surface area contributed by atoms with Crippen LogP contribution in [-0.4, -0.2) is 47.7 Å². The summed E-state index contributed by atoms with van der Waals surface area (Å²) in [4.78, 5) is 12.9. The maximum atomic E-state index is 12.9. The van der Waals surface area contributed by atoms with Gasteiger partial charge in [0.05, 0.1) is 19.3 Å². The molecule has 2 unspecified atom stereocenters. The van der Waals surface area contributed by atoms with Gasteiger partial charge in [0, 0.05) is 30.3 Å². The SMILES string of the molecule is C[C@]1(C2CC[C@@]3(C)C(CCC34OCCO4)[C@@H]2CCO)CC[C@H](O)CC1=O. The van der Waals surface area contributed by atoms with Gasteiger partial charge in [-0.2, -0.15) is 0 Å². The number of aliphatic hydroxyl groups excluding tert-OH is 2. The molecule has 148 valence electrons. The third-order valence-electron chi connectivity index (χ3n) is 8.57. The fourth-order valence-corrected chi connectivity index (χ4v) is 7.06. The Morgan fingerprint density at radius 3 is 2.38 bits per heavy atom. The minimum Gasteiger partial charge on any atom is -0.396 e. The average molecular weight is 366 g/mol. The van der Waals surface area contributed by atoms with E-state index in [0.717, 1.165) is 38.5 Å². The van der Waals surface area contributed by atoms with Gasteiger partial charge in [0.25, 0.3) is 0 Å². The maximum absolute atomic E-state index is 12.9. The first-order valence-corrected chi connectivity index (χ1v) is 10.5. The Hall–Kier alpha value is -0.490. The number of hydrogen-bond acceptors (Lipinski definition) is 5. The molecule has 3 aliphatic carbocycles. The van der Waals surface area contributed by atoms with E-state index in [1.165, 1.54) is 0 Å². The maximum Gasteiger partial charge on any atom is 0.174 e. The first-order chi connectivity index (χ1) is 12.4. The minimum absolute atomic E-state index is 0.0343. The van der Waals surface area contributed by atoms with E-state index in [0.29, 0.717) is 31.5 Å². The van der Waals surface area contributed by atoms with Gasteiger partial charge in [0.15, 0.2) is 5.79 Å². The Morgan fingerprint density at radius 1 is 1.04 bits per heavy atom. The number of rotatable bonds is 3. The highest BCUT2D eigenvalue weighted by molar-refractivity contribution is 5.86. The number of carbonyl (C=O) groups is 1. The van der Waals surface area contributed by atoms with Crippen molar-refractivity contribution in [2.75, 3.05) is 19.8 Å². The van der Waals surface area contributed by atoms with Gasteiger partial charge < -0.3 is 19.7 Å². The van der Waals surface area contributed by atoms with E-state index >= 15 is 0 Å². The van der Waals surface area contributed by atoms with Crippen LogP contribution in [0.25, 0.3) is 0 Å². The van der Waals surface area contributed by atoms with E-state index in [4.69, 9.17) is 9.47 Å². The lowest BCUT2D eigenvalue weighted by Gasteiger charge is -2.55. The molecule has 1 heterocycles. The van der Waals surface area contributed by atoms with Crippen molar-refractivity contribution >= 4 is 5.78 Å². The van der Waals surface area contributed by atoms with Crippen molar-refractivity contribution in [3.8, 4) is 0 Å². The van der Waals surface area contributed by atoms with Crippen LogP contribution < -0.4 is 0 Å². The second-order valence-electron chi connectivity index (χ2n) is 9.57. The van der Waals surface area contributed by atoms with Gasteiger partial charge in [-0.05, 0) is 56.3 Å². The van der Waals surface area contributed by atoms with Gasteiger partial charge >= 0.3 is 0 Å². The topological polar surface area (TPSA) is 76.0 Å². The van der Waals surface area contributed by atoms with Crippen LogP contribution in [-0.2, 0) is 14.3 Å². The van der Waals surface area contributed by atoms with E-state index in [9.17, 15) is 15.0 Å². The smallest absolute Gasteiger partial charge is 0.174 e. The van der Waals surface area contributed by atoms with Crippen LogP contribution in [0.4, 0.5) is 0 Å². The van der Waals surface area contributed by atoms with Crippen LogP contribution in [0.2, 0.25) is 0 Å². The van der Waals surface area contributed by atoms with E-state index < -0.39 is 11.9 Å². The number of aliphatic hydroxyl groups is 2. The number of fused-ring (bicyclic) bond motifs is 2. The summed E-state index contributed by atoms with van der Waals surface area (Å²) in [5.74, 6) is 0.778. The highest BCUT2D eigenvalue weighted by Crippen LogP contribution is 2.66. The standard InChI is InChI=1S/C21H34O5/c1-19(7-3-14(23)13-18(19)24)16-4-8-20(2)17(15(16)6-10-22)5-9-21(20)25-11-12-26-21/h14-17,22-23H,3-13H2,1-2H3/t14-,15+,16?,17?,19+,20-/m0/s1. The van der Waals surface area contributed by atoms with Crippen molar-refractivity contribution in [2.24, 2.45) is 28.6 Å². The van der Waals surface area contributed by atoms with Crippen LogP contribution in [0.15, 0.2) is 0 Å². The van der Waals surface area contributed by atoms with E-state index in [1.54, 1.807) is 0 Å². The van der Waals surface area contributed by atoms with Crippen LogP contribution in [0.5, 0.6) is 0 Å². The fraction of sp³-hybridized carbons (Fsp3) is 0.952. The van der Waals surface area contributed by atoms with Gasteiger partial charge in [-0.15, -0.1) is 0 Å². The molecular weight excluding hydrogens is 332 g/mol. The zero-order valence-electron chi connectivity index (χ0n) is 16.2. The summed E-state index contributed by atoms with van der Waals surface area (Å²) < 4.78 is 12.3. The Kier molecular flexibility index (Phi) is 4.74. The van der Waals surface area contributed by atoms with Crippen LogP contribution in [0.1, 0.15) is 65.2 Å². The van der Waals surface area contributed by atoms with Gasteiger partial charge in [0.2, 0.25) is 0 Å². The zero-order chi connectivity index (χ0) is 18.6. The summed E-state index contributed by atoms with van der Waals surface area (Å²) >= 11 is 0. The number of ketones is 1. The molecule has 26 heavy (non-hydrogen) atoms. The molecule has 0 bridgehead atoms. The number of ether oxygens (including phenoxy) is 2. The van der Waals surface area contributed by atoms with Gasteiger partial charge in [-0.3, -0.25) is 4.79 Å². The second kappa shape index (κ2) is 6.54. The normalized spacial score (nSPS) is 48.1. The van der Waals surface area contributed by atoms with E-state index in [-0.39, 0.29) is 35.6 Å². The van der Waals surface area contributed by atoms with Gasteiger partial charge in [-0.25, -0.2) is 0 Å². The lowest BCUT2D eigenvalue weighted by atomic mass is 9.50. The number of Topliss-reactive ketones (excluding diaryl/α,β-unsaturated/α-hetero) is 1. The molecule has 6 atom stereocenters. The molecule has 0 aromatic rings. The highest BCUT2D eigenvalue weighted by Gasteiger charge is 2.66. The van der Waals surface area contributed by atoms with Crippen molar-refractivity contribution in [3.63, 3.8) is 0 Å². The van der Waals surface area contributed by atoms with Crippen molar-refractivity contribution in [3.05, 3.63) is 0 Å². The molecule has 0 aromatic heterocycles. The van der Waals surface area contributed by atoms with Crippen molar-refractivity contribution in [1.29, 1.82) is 0 Å². The van der Waals surface area contributed by atoms with Crippen LogP contribution in [0, 0.1) is 28.6 Å². The van der Waals surface area contributed by atoms with Crippen molar-refractivity contribution in [2.45, 2.75) is 77.1 Å². The minimum atomic E-state index is -0.476. The average Bonchev–Trinajstić information content (AvgIpc) is 3.19. The molecule has 1 spiro atoms. The van der Waals surface area contributed by atoms with Crippen LogP contribution in [0.3, 0.4) is 0 Å². The summed E-state index contributed by atoms with van der Waals surface area (Å²) in [6.45, 7) is 5.93. The molecule has 3 saturated carbocycles. The summed E-state index contributed by atoms with van der Waals surface area (Å²) in [5.41, 5.74) is -0.402. The molecule has 4 fully saturated rings. The van der Waals surface area contributed by atoms with Crippen molar-refractivity contribution in [1.82, 2.24) is 0 Å². The Bertz CT molecular complexity index is 557. The first-order valence-electron chi connectivity index (χ1n) is 10.5. The largest absolute Gasteiger partial charge is 0.396 e. The molecular formula is C21H34O5. The number of carbonyl (C=O) groups excluding carboxylic acids is 1. The zero-order valence-corrected chi connectivity index (χ0v) is 16.2. The lowest BCUT2D eigenvalue weighted by Crippen LogP contribution is -2.55. The molecule has 5 nitrogen and oxygen atoms in total. The lowest BCUT2D eigenvalue weighted by molar-refractivity contribution is -0.242. The molecule has 4 aliphatic rings. The monoisotopic (exact) mass is 366 g/mol. The predicted molar refractivity (Wildman–Crippen MR) is 96.4 cm³/mol. The Morgan fingerprint density at radius 2 is 1.73 bits per heavy atom. The van der Waals surface area contributed by atoms with Gasteiger partial charge in [0.1, 0.15) is 5.78 Å². The molecule has 1 aliphatic heterocycles. The van der Waals surface area contributed by atoms with Gasteiger partial charge in [-0.1, -0.05) is 13.8 Å². The summed E-state index contributed by atoms with van der Waals surface area (Å²) in [6, 6.07) is 0. The van der Waals surface area contributed by atoms with Crippen molar-refractivity contribution < 1.29 is 24.5 Å². The molecule has 4 rings (SSSR count). The summed E-state index contributed by atoms with van der Waals surface area (Å²) in [7, 11) is 0. The molecule has 0 amide bonds. The third kappa shape index (κ3) is 2.54. The number of hydrogen-bond donors (Lipinski definition) is 2.